The lowest BCUT2D eigenvalue weighted by atomic mass is 9.89. The Morgan fingerprint density at radius 2 is 1.92 bits per heavy atom. The quantitative estimate of drug-likeness (QED) is 0.297. The minimum absolute atomic E-state index is 0.0479. The number of ether oxygens (including phenoxy) is 2. The van der Waals surface area contributed by atoms with E-state index in [1.54, 1.807) is 29.5 Å². The molecule has 0 bridgehead atoms. The number of rotatable bonds is 9. The van der Waals surface area contributed by atoms with Crippen molar-refractivity contribution in [3.63, 3.8) is 0 Å². The van der Waals surface area contributed by atoms with Crippen molar-refractivity contribution >= 4 is 40.4 Å². The van der Waals surface area contributed by atoms with Crippen LogP contribution in [0.5, 0.6) is 5.75 Å². The van der Waals surface area contributed by atoms with E-state index in [1.807, 2.05) is 18.4 Å². The van der Waals surface area contributed by atoms with Gasteiger partial charge >= 0.3 is 0 Å². The summed E-state index contributed by atoms with van der Waals surface area (Å²) in [5.74, 6) is 1.18. The van der Waals surface area contributed by atoms with E-state index < -0.39 is 0 Å². The lowest BCUT2D eigenvalue weighted by Crippen LogP contribution is -2.32. The molecule has 198 valence electrons. The second-order valence-corrected chi connectivity index (χ2v) is 11.8. The topological polar surface area (TPSA) is 65.4 Å². The lowest BCUT2D eigenvalue weighted by Gasteiger charge is -2.24. The predicted octanol–water partition coefficient (Wildman–Crippen LogP) is 7.29. The SMILES string of the molecule is Cc1c(C(=O)NCC2CCCO2)cc(-c2csc(COc3cc(Cl)cc(Cl)c3)n2)n1CC1CCCCC1. The summed E-state index contributed by atoms with van der Waals surface area (Å²) in [6, 6.07) is 7.15. The van der Waals surface area contributed by atoms with E-state index >= 15 is 0 Å². The molecule has 1 aromatic carbocycles. The number of benzene rings is 1. The van der Waals surface area contributed by atoms with Crippen molar-refractivity contribution in [2.45, 2.75) is 71.1 Å². The number of hydrogen-bond acceptors (Lipinski definition) is 5. The molecule has 1 aliphatic carbocycles. The highest BCUT2D eigenvalue weighted by atomic mass is 35.5. The smallest absolute Gasteiger partial charge is 0.253 e. The molecule has 3 heterocycles. The fourth-order valence-electron chi connectivity index (χ4n) is 5.31. The summed E-state index contributed by atoms with van der Waals surface area (Å²) in [5, 5.41) is 7.05. The van der Waals surface area contributed by atoms with Gasteiger partial charge in [0.2, 0.25) is 0 Å². The monoisotopic (exact) mass is 561 g/mol. The number of nitrogens with zero attached hydrogens (tertiary/aromatic N) is 2. The number of hydrogen-bond donors (Lipinski definition) is 1. The summed E-state index contributed by atoms with van der Waals surface area (Å²) in [6.07, 6.45) is 8.51. The van der Waals surface area contributed by atoms with Crippen LogP contribution in [0.3, 0.4) is 0 Å². The van der Waals surface area contributed by atoms with Crippen molar-refractivity contribution in [2.75, 3.05) is 13.2 Å². The van der Waals surface area contributed by atoms with E-state index in [1.165, 1.54) is 32.1 Å². The van der Waals surface area contributed by atoms with Gasteiger partial charge in [0.1, 0.15) is 17.4 Å². The van der Waals surface area contributed by atoms with Crippen LogP contribution in [-0.4, -0.2) is 34.7 Å². The third-order valence-corrected chi connectivity index (χ3v) is 8.56. The van der Waals surface area contributed by atoms with Gasteiger partial charge in [-0.2, -0.15) is 0 Å². The largest absolute Gasteiger partial charge is 0.486 e. The normalized spacial score (nSPS) is 18.3. The van der Waals surface area contributed by atoms with Gasteiger partial charge in [-0.05, 0) is 62.8 Å². The molecule has 3 aromatic rings. The van der Waals surface area contributed by atoms with Crippen molar-refractivity contribution < 1.29 is 14.3 Å². The average Bonchev–Trinajstić information content (AvgIpc) is 3.63. The van der Waals surface area contributed by atoms with Crippen LogP contribution >= 0.6 is 34.5 Å². The van der Waals surface area contributed by atoms with E-state index in [0.717, 1.165) is 48.1 Å². The molecule has 1 saturated carbocycles. The summed E-state index contributed by atoms with van der Waals surface area (Å²) < 4.78 is 13.9. The number of nitrogens with one attached hydrogen (secondary N) is 1. The first-order valence-corrected chi connectivity index (χ1v) is 14.7. The Kier molecular flexibility index (Phi) is 8.75. The van der Waals surface area contributed by atoms with Gasteiger partial charge in [0.05, 0.1) is 23.1 Å². The maximum Gasteiger partial charge on any atom is 0.253 e. The molecular formula is C28H33Cl2N3O3S. The highest BCUT2D eigenvalue weighted by Gasteiger charge is 2.24. The molecule has 6 nitrogen and oxygen atoms in total. The molecule has 2 aliphatic rings. The van der Waals surface area contributed by atoms with Crippen LogP contribution in [0, 0.1) is 12.8 Å². The third-order valence-electron chi connectivity index (χ3n) is 7.30. The number of aromatic nitrogens is 2. The molecule has 2 fully saturated rings. The highest BCUT2D eigenvalue weighted by Crippen LogP contribution is 2.32. The Bertz CT molecular complexity index is 1210. The maximum atomic E-state index is 13.2. The van der Waals surface area contributed by atoms with Gasteiger partial charge in [-0.15, -0.1) is 11.3 Å². The summed E-state index contributed by atoms with van der Waals surface area (Å²) in [5.41, 5.74) is 3.55. The minimum Gasteiger partial charge on any atom is -0.486 e. The van der Waals surface area contributed by atoms with Crippen LogP contribution in [0.25, 0.3) is 11.4 Å². The van der Waals surface area contributed by atoms with E-state index in [0.29, 0.717) is 40.4 Å². The summed E-state index contributed by atoms with van der Waals surface area (Å²) >= 11 is 13.7. The van der Waals surface area contributed by atoms with Crippen molar-refractivity contribution in [3.05, 3.63) is 56.0 Å². The zero-order chi connectivity index (χ0) is 25.8. The van der Waals surface area contributed by atoms with E-state index in [-0.39, 0.29) is 12.0 Å². The molecule has 1 atom stereocenters. The molecule has 1 N–H and O–H groups in total. The van der Waals surface area contributed by atoms with Crippen LogP contribution in [-0.2, 0) is 17.9 Å². The molecule has 0 spiro atoms. The molecule has 2 aromatic heterocycles. The summed E-state index contributed by atoms with van der Waals surface area (Å²) in [7, 11) is 0. The molecule has 37 heavy (non-hydrogen) atoms. The zero-order valence-corrected chi connectivity index (χ0v) is 23.4. The first-order valence-electron chi connectivity index (χ1n) is 13.1. The summed E-state index contributed by atoms with van der Waals surface area (Å²) in [4.78, 5) is 18.1. The second-order valence-electron chi connectivity index (χ2n) is 10.0. The van der Waals surface area contributed by atoms with E-state index in [2.05, 4.69) is 9.88 Å². The van der Waals surface area contributed by atoms with Gasteiger partial charge in [0.15, 0.2) is 0 Å². The molecule has 5 rings (SSSR count). The molecule has 9 heteroatoms. The van der Waals surface area contributed by atoms with Crippen LogP contribution in [0.1, 0.15) is 66.0 Å². The molecule has 1 saturated heterocycles. The van der Waals surface area contributed by atoms with Crippen LogP contribution < -0.4 is 10.1 Å². The van der Waals surface area contributed by atoms with Crippen molar-refractivity contribution in [1.82, 2.24) is 14.9 Å². The predicted molar refractivity (Wildman–Crippen MR) is 149 cm³/mol. The van der Waals surface area contributed by atoms with Gasteiger partial charge < -0.3 is 19.4 Å². The van der Waals surface area contributed by atoms with Crippen LogP contribution in [0.2, 0.25) is 10.0 Å². The Morgan fingerprint density at radius 1 is 1.14 bits per heavy atom. The molecule has 0 radical (unpaired) electrons. The number of thiazole rings is 1. The first-order chi connectivity index (χ1) is 18.0. The molecular weight excluding hydrogens is 529 g/mol. The van der Waals surface area contributed by atoms with E-state index in [4.69, 9.17) is 37.7 Å². The van der Waals surface area contributed by atoms with Crippen molar-refractivity contribution in [2.24, 2.45) is 5.92 Å². The lowest BCUT2D eigenvalue weighted by molar-refractivity contribution is 0.0857. The fourth-order valence-corrected chi connectivity index (χ4v) is 6.51. The van der Waals surface area contributed by atoms with Crippen molar-refractivity contribution in [1.29, 1.82) is 0 Å². The Labute approximate surface area is 232 Å². The fraction of sp³-hybridized carbons (Fsp3) is 0.500. The number of amides is 1. The highest BCUT2D eigenvalue weighted by molar-refractivity contribution is 7.09. The van der Waals surface area contributed by atoms with Crippen LogP contribution in [0.15, 0.2) is 29.6 Å². The maximum absolute atomic E-state index is 13.2. The Balaban J connectivity index is 1.35. The van der Waals surface area contributed by atoms with Gasteiger partial charge in [-0.25, -0.2) is 4.98 Å². The molecule has 1 amide bonds. The minimum atomic E-state index is -0.0479. The Hall–Kier alpha value is -2.06. The molecule has 1 unspecified atom stereocenters. The van der Waals surface area contributed by atoms with Crippen molar-refractivity contribution in [3.8, 4) is 17.1 Å². The third kappa shape index (κ3) is 6.69. The number of carbonyl (C=O) groups excluding carboxylic acids is 1. The zero-order valence-electron chi connectivity index (χ0n) is 21.1. The second kappa shape index (κ2) is 12.2. The summed E-state index contributed by atoms with van der Waals surface area (Å²) in [6.45, 7) is 4.60. The Morgan fingerprint density at radius 3 is 2.65 bits per heavy atom. The van der Waals surface area contributed by atoms with Gasteiger partial charge in [-0.3, -0.25) is 4.79 Å². The van der Waals surface area contributed by atoms with Gasteiger partial charge in [-0.1, -0.05) is 42.5 Å². The van der Waals surface area contributed by atoms with Crippen LogP contribution in [0.4, 0.5) is 0 Å². The van der Waals surface area contributed by atoms with Gasteiger partial charge in [0, 0.05) is 40.8 Å². The van der Waals surface area contributed by atoms with E-state index in [9.17, 15) is 4.79 Å². The molecule has 1 aliphatic heterocycles. The first kappa shape index (κ1) is 26.5. The van der Waals surface area contributed by atoms with Gasteiger partial charge in [0.25, 0.3) is 5.91 Å². The number of carbonyl (C=O) groups is 1. The standard InChI is InChI=1S/C28H33Cl2N3O3S/c1-18-24(28(34)31-14-22-8-5-9-35-22)13-26(33(18)15-19-6-3-2-4-7-19)25-17-37-27(32-25)16-36-23-11-20(29)10-21(30)12-23/h10-13,17,19,22H,2-9,14-16H2,1H3,(H,31,34). The number of halogens is 2. The average molecular weight is 563 g/mol.